The zero-order valence-electron chi connectivity index (χ0n) is 15.1. The van der Waals surface area contributed by atoms with Crippen molar-refractivity contribution in [3.8, 4) is 0 Å². The average molecular weight is 387 g/mol. The van der Waals surface area contributed by atoms with Gasteiger partial charge in [0.25, 0.3) is 0 Å². The highest BCUT2D eigenvalue weighted by atomic mass is 35.5. The molecule has 0 aliphatic heterocycles. The third-order valence-corrected chi connectivity index (χ3v) is 4.55. The van der Waals surface area contributed by atoms with Crippen LogP contribution < -0.4 is 10.6 Å². The van der Waals surface area contributed by atoms with Crippen molar-refractivity contribution in [3.63, 3.8) is 0 Å². The summed E-state index contributed by atoms with van der Waals surface area (Å²) in [6.45, 7) is 2.93. The number of halogens is 2. The van der Waals surface area contributed by atoms with Crippen LogP contribution in [0.1, 0.15) is 42.3 Å². The number of rotatable bonds is 6. The van der Waals surface area contributed by atoms with Crippen molar-refractivity contribution in [2.24, 2.45) is 12.8 Å². The van der Waals surface area contributed by atoms with Gasteiger partial charge in [-0.05, 0) is 38.2 Å². The Labute approximate surface area is 162 Å². The predicted octanol–water partition coefficient (Wildman–Crippen LogP) is 2.64. The minimum atomic E-state index is 0. The average Bonchev–Trinajstić information content (AvgIpc) is 2.88. The Hall–Kier alpha value is -1.37. The van der Waals surface area contributed by atoms with Crippen molar-refractivity contribution < 1.29 is 0 Å². The molecular weight excluding hydrogens is 359 g/mol. The zero-order chi connectivity index (χ0) is 16.4. The van der Waals surface area contributed by atoms with Gasteiger partial charge in [-0.3, -0.25) is 4.68 Å². The van der Waals surface area contributed by atoms with E-state index in [1.807, 2.05) is 24.9 Å². The summed E-state index contributed by atoms with van der Waals surface area (Å²) in [6.07, 6.45) is 8.21. The Morgan fingerprint density at radius 2 is 2.00 bits per heavy atom. The molecule has 8 heteroatoms. The molecule has 0 radical (unpaired) electrons. The van der Waals surface area contributed by atoms with Crippen molar-refractivity contribution in [3.05, 3.63) is 35.5 Å². The fraction of sp³-hybridized carbons (Fsp3) is 0.588. The summed E-state index contributed by atoms with van der Waals surface area (Å²) in [5.74, 6) is 2.37. The van der Waals surface area contributed by atoms with Crippen molar-refractivity contribution in [1.29, 1.82) is 0 Å². The van der Waals surface area contributed by atoms with Crippen molar-refractivity contribution >= 4 is 30.6 Å². The Morgan fingerprint density at radius 1 is 1.28 bits per heavy atom. The first-order valence-corrected chi connectivity index (χ1v) is 8.31. The number of aryl methyl sites for hydroxylation is 3. The van der Waals surface area contributed by atoms with E-state index in [0.717, 1.165) is 49.6 Å². The SMILES string of the molecule is Cc1nc(C2CC(N)C2)cc(N(C)CCCc2cnn(C)c2)n1.Cl.Cl. The third kappa shape index (κ3) is 5.56. The molecule has 0 bridgehead atoms. The van der Waals surface area contributed by atoms with Gasteiger partial charge in [-0.25, -0.2) is 9.97 Å². The van der Waals surface area contributed by atoms with Crippen LogP contribution in [0.2, 0.25) is 0 Å². The zero-order valence-corrected chi connectivity index (χ0v) is 16.7. The number of nitrogens with zero attached hydrogens (tertiary/aromatic N) is 5. The molecule has 0 atom stereocenters. The minimum Gasteiger partial charge on any atom is -0.360 e. The molecule has 0 amide bonds. The number of aromatic nitrogens is 4. The van der Waals surface area contributed by atoms with E-state index >= 15 is 0 Å². The van der Waals surface area contributed by atoms with E-state index in [4.69, 9.17) is 5.73 Å². The number of hydrogen-bond acceptors (Lipinski definition) is 5. The van der Waals surface area contributed by atoms with Gasteiger partial charge in [0.05, 0.1) is 6.20 Å². The van der Waals surface area contributed by atoms with E-state index in [0.29, 0.717) is 12.0 Å². The molecule has 1 aliphatic carbocycles. The van der Waals surface area contributed by atoms with E-state index in [1.165, 1.54) is 5.56 Å². The van der Waals surface area contributed by atoms with Crippen LogP contribution in [0.15, 0.2) is 18.5 Å². The summed E-state index contributed by atoms with van der Waals surface area (Å²) in [7, 11) is 4.05. The maximum atomic E-state index is 5.90. The lowest BCUT2D eigenvalue weighted by Crippen LogP contribution is -2.35. The van der Waals surface area contributed by atoms with Crippen LogP contribution in [-0.2, 0) is 13.5 Å². The summed E-state index contributed by atoms with van der Waals surface area (Å²) >= 11 is 0. The van der Waals surface area contributed by atoms with Gasteiger partial charge in [0, 0.05) is 50.6 Å². The Morgan fingerprint density at radius 3 is 2.60 bits per heavy atom. The lowest BCUT2D eigenvalue weighted by atomic mass is 9.78. The van der Waals surface area contributed by atoms with Gasteiger partial charge in [-0.15, -0.1) is 24.8 Å². The highest BCUT2D eigenvalue weighted by molar-refractivity contribution is 5.85. The van der Waals surface area contributed by atoms with Crippen molar-refractivity contribution in [2.45, 2.75) is 44.6 Å². The Balaban J connectivity index is 0.00000156. The summed E-state index contributed by atoms with van der Waals surface area (Å²) in [5.41, 5.74) is 8.33. The van der Waals surface area contributed by atoms with Gasteiger partial charge < -0.3 is 10.6 Å². The molecule has 6 nitrogen and oxygen atoms in total. The fourth-order valence-electron chi connectivity index (χ4n) is 3.12. The quantitative estimate of drug-likeness (QED) is 0.825. The van der Waals surface area contributed by atoms with E-state index < -0.39 is 0 Å². The molecule has 2 N–H and O–H groups in total. The topological polar surface area (TPSA) is 72.9 Å². The van der Waals surface area contributed by atoms with Gasteiger partial charge in [-0.1, -0.05) is 0 Å². The van der Waals surface area contributed by atoms with Crippen molar-refractivity contribution in [1.82, 2.24) is 19.7 Å². The third-order valence-electron chi connectivity index (χ3n) is 4.55. The molecule has 0 spiro atoms. The van der Waals surface area contributed by atoms with E-state index in [-0.39, 0.29) is 24.8 Å². The molecule has 0 aromatic carbocycles. The highest BCUT2D eigenvalue weighted by Gasteiger charge is 2.29. The van der Waals surface area contributed by atoms with E-state index in [9.17, 15) is 0 Å². The van der Waals surface area contributed by atoms with Crippen LogP contribution in [0.5, 0.6) is 0 Å². The van der Waals surface area contributed by atoms with E-state index in [1.54, 1.807) is 0 Å². The highest BCUT2D eigenvalue weighted by Crippen LogP contribution is 2.35. The van der Waals surface area contributed by atoms with Gasteiger partial charge in [0.15, 0.2) is 0 Å². The van der Waals surface area contributed by atoms with Crippen LogP contribution in [-0.4, -0.2) is 39.4 Å². The fourth-order valence-corrected chi connectivity index (χ4v) is 3.12. The van der Waals surface area contributed by atoms with Crippen LogP contribution in [0.25, 0.3) is 0 Å². The monoisotopic (exact) mass is 386 g/mol. The lowest BCUT2D eigenvalue weighted by Gasteiger charge is -2.32. The second kappa shape index (κ2) is 9.36. The smallest absolute Gasteiger partial charge is 0.132 e. The standard InChI is InChI=1S/C17H26N6.2ClH/c1-12-20-16(14-7-15(18)8-14)9-17(21-12)22(2)6-4-5-13-10-19-23(3)11-13;;/h9-11,14-15H,4-8,18H2,1-3H3;2*1H. The first kappa shape index (κ1) is 21.7. The molecule has 3 rings (SSSR count). The Kier molecular flexibility index (Phi) is 8.12. The second-order valence-electron chi connectivity index (χ2n) is 6.67. The van der Waals surface area contributed by atoms with Crippen LogP contribution >= 0.6 is 24.8 Å². The largest absolute Gasteiger partial charge is 0.360 e. The molecule has 2 aromatic rings. The number of nitrogens with two attached hydrogens (primary N) is 1. The number of hydrogen-bond donors (Lipinski definition) is 1. The minimum absolute atomic E-state index is 0. The molecule has 1 fully saturated rings. The van der Waals surface area contributed by atoms with Gasteiger partial charge in [-0.2, -0.15) is 5.10 Å². The van der Waals surface area contributed by atoms with Crippen LogP contribution in [0.4, 0.5) is 5.82 Å². The van der Waals surface area contributed by atoms with Crippen LogP contribution in [0, 0.1) is 6.92 Å². The molecule has 140 valence electrons. The normalized spacial score (nSPS) is 18.7. The molecule has 0 unspecified atom stereocenters. The van der Waals surface area contributed by atoms with Gasteiger partial charge in [0.1, 0.15) is 11.6 Å². The number of anilines is 1. The lowest BCUT2D eigenvalue weighted by molar-refractivity contribution is 0.344. The molecule has 25 heavy (non-hydrogen) atoms. The maximum Gasteiger partial charge on any atom is 0.132 e. The van der Waals surface area contributed by atoms with E-state index in [2.05, 4.69) is 39.3 Å². The summed E-state index contributed by atoms with van der Waals surface area (Å²) in [5, 5.41) is 4.21. The van der Waals surface area contributed by atoms with Gasteiger partial charge in [0.2, 0.25) is 0 Å². The molecule has 1 aliphatic rings. The maximum absolute atomic E-state index is 5.90. The first-order chi connectivity index (χ1) is 11.0. The summed E-state index contributed by atoms with van der Waals surface area (Å²) < 4.78 is 1.85. The second-order valence-corrected chi connectivity index (χ2v) is 6.67. The van der Waals surface area contributed by atoms with Crippen LogP contribution in [0.3, 0.4) is 0 Å². The summed E-state index contributed by atoms with van der Waals surface area (Å²) in [4.78, 5) is 11.4. The molecular formula is C17H28Cl2N6. The summed E-state index contributed by atoms with van der Waals surface area (Å²) in [6, 6.07) is 2.48. The van der Waals surface area contributed by atoms with Crippen molar-refractivity contribution in [2.75, 3.05) is 18.5 Å². The predicted molar refractivity (Wildman–Crippen MR) is 106 cm³/mol. The molecule has 0 saturated heterocycles. The van der Waals surface area contributed by atoms with Gasteiger partial charge >= 0.3 is 0 Å². The first-order valence-electron chi connectivity index (χ1n) is 8.31. The molecule has 2 aromatic heterocycles. The molecule has 2 heterocycles. The Bertz CT molecular complexity index is 669. The molecule has 1 saturated carbocycles.